The topological polar surface area (TPSA) is 38.7 Å². The van der Waals surface area contributed by atoms with E-state index in [4.69, 9.17) is 15.0 Å². The number of aromatic nitrogens is 3. The van der Waals surface area contributed by atoms with Crippen LogP contribution in [0, 0.1) is 0 Å². The van der Waals surface area contributed by atoms with Gasteiger partial charge in [-0.15, -0.1) is 0 Å². The SMILES string of the molecule is c1ccc(-c2cc(-c3ccccc3)cc(-c3nc(-c4cc(-c5ccccc5)cc(-c5ccccc5)c4)nc(-c4cccc5c4C4(c6ccccc6-c6ccccc64)c4ccccc4-5)n3)c2)cc1. The van der Waals surface area contributed by atoms with Gasteiger partial charge in [0.1, 0.15) is 0 Å². The molecule has 0 saturated carbocycles. The first-order chi connectivity index (χ1) is 33.2. The predicted molar refractivity (Wildman–Crippen MR) is 274 cm³/mol. The van der Waals surface area contributed by atoms with E-state index in [-0.39, 0.29) is 0 Å². The molecule has 1 aromatic heterocycles. The highest BCUT2D eigenvalue weighted by atomic mass is 15.0. The zero-order chi connectivity index (χ0) is 44.3. The summed E-state index contributed by atoms with van der Waals surface area (Å²) >= 11 is 0. The van der Waals surface area contributed by atoms with Crippen LogP contribution in [-0.2, 0) is 5.41 Å². The van der Waals surface area contributed by atoms with Gasteiger partial charge in [-0.1, -0.05) is 212 Å². The van der Waals surface area contributed by atoms with Crippen molar-refractivity contribution < 1.29 is 0 Å². The molecule has 3 nitrogen and oxygen atoms in total. The summed E-state index contributed by atoms with van der Waals surface area (Å²) in [5, 5.41) is 0. The summed E-state index contributed by atoms with van der Waals surface area (Å²) < 4.78 is 0. The number of nitrogens with zero attached hydrogens (tertiary/aromatic N) is 3. The second-order valence-electron chi connectivity index (χ2n) is 17.5. The fraction of sp³-hybridized carbons (Fsp3) is 0.0156. The Morgan fingerprint density at radius 1 is 0.209 bits per heavy atom. The third-order valence-electron chi connectivity index (χ3n) is 13.7. The van der Waals surface area contributed by atoms with Crippen LogP contribution in [0.15, 0.2) is 249 Å². The summed E-state index contributed by atoms with van der Waals surface area (Å²) in [6.45, 7) is 0. The van der Waals surface area contributed by atoms with Gasteiger partial charge in [0, 0.05) is 16.7 Å². The van der Waals surface area contributed by atoms with Crippen molar-refractivity contribution in [3.05, 3.63) is 271 Å². The molecule has 312 valence electrons. The highest BCUT2D eigenvalue weighted by molar-refractivity contribution is 5.98. The first kappa shape index (κ1) is 38.6. The first-order valence-electron chi connectivity index (χ1n) is 22.9. The molecule has 13 rings (SSSR count). The van der Waals surface area contributed by atoms with Crippen LogP contribution in [0.3, 0.4) is 0 Å². The lowest BCUT2D eigenvalue weighted by Gasteiger charge is -2.31. The third-order valence-corrected chi connectivity index (χ3v) is 13.7. The van der Waals surface area contributed by atoms with E-state index < -0.39 is 5.41 Å². The van der Waals surface area contributed by atoms with Crippen LogP contribution in [0.1, 0.15) is 22.3 Å². The van der Waals surface area contributed by atoms with E-state index in [0.29, 0.717) is 17.5 Å². The van der Waals surface area contributed by atoms with E-state index in [9.17, 15) is 0 Å². The molecule has 0 N–H and O–H groups in total. The lowest BCUT2D eigenvalue weighted by Crippen LogP contribution is -2.26. The van der Waals surface area contributed by atoms with E-state index in [1.54, 1.807) is 0 Å². The maximum atomic E-state index is 5.61. The fourth-order valence-corrected chi connectivity index (χ4v) is 10.8. The number of rotatable bonds is 7. The Bertz CT molecular complexity index is 3350. The van der Waals surface area contributed by atoms with Crippen molar-refractivity contribution >= 4 is 0 Å². The molecule has 11 aromatic rings. The van der Waals surface area contributed by atoms with Gasteiger partial charge in [-0.25, -0.2) is 15.0 Å². The molecule has 2 aliphatic rings. The van der Waals surface area contributed by atoms with E-state index in [1.807, 2.05) is 0 Å². The van der Waals surface area contributed by atoms with Crippen molar-refractivity contribution in [2.45, 2.75) is 5.41 Å². The van der Waals surface area contributed by atoms with Gasteiger partial charge in [0.05, 0.1) is 5.41 Å². The highest BCUT2D eigenvalue weighted by Gasteiger charge is 2.52. The third kappa shape index (κ3) is 6.31. The molecule has 0 bridgehead atoms. The van der Waals surface area contributed by atoms with Crippen LogP contribution in [0.4, 0.5) is 0 Å². The minimum Gasteiger partial charge on any atom is -0.208 e. The molecule has 0 amide bonds. The summed E-state index contributed by atoms with van der Waals surface area (Å²) in [5.74, 6) is 1.84. The Balaban J connectivity index is 1.12. The van der Waals surface area contributed by atoms with Crippen molar-refractivity contribution in [1.82, 2.24) is 15.0 Å². The normalized spacial score (nSPS) is 12.6. The molecular formula is C64H41N3. The molecule has 0 unspecified atom stereocenters. The summed E-state index contributed by atoms with van der Waals surface area (Å²) in [7, 11) is 0. The minimum atomic E-state index is -0.593. The summed E-state index contributed by atoms with van der Waals surface area (Å²) in [4.78, 5) is 16.7. The summed E-state index contributed by atoms with van der Waals surface area (Å²) in [6, 6.07) is 89.3. The lowest BCUT2D eigenvalue weighted by molar-refractivity contribution is 0.794. The second kappa shape index (κ2) is 15.7. The van der Waals surface area contributed by atoms with Gasteiger partial charge in [-0.3, -0.25) is 0 Å². The van der Waals surface area contributed by atoms with Crippen molar-refractivity contribution in [2.24, 2.45) is 0 Å². The zero-order valence-corrected chi connectivity index (χ0v) is 36.5. The van der Waals surface area contributed by atoms with Gasteiger partial charge in [0.2, 0.25) is 0 Å². The van der Waals surface area contributed by atoms with E-state index in [0.717, 1.165) is 61.2 Å². The number of hydrogen-bond donors (Lipinski definition) is 0. The highest BCUT2D eigenvalue weighted by Crippen LogP contribution is 2.64. The largest absolute Gasteiger partial charge is 0.208 e. The van der Waals surface area contributed by atoms with Crippen LogP contribution in [0.2, 0.25) is 0 Å². The molecule has 0 aliphatic heterocycles. The molecule has 10 aromatic carbocycles. The molecule has 3 heteroatoms. The number of hydrogen-bond acceptors (Lipinski definition) is 3. The van der Waals surface area contributed by atoms with Gasteiger partial charge in [-0.2, -0.15) is 0 Å². The van der Waals surface area contributed by atoms with Crippen LogP contribution >= 0.6 is 0 Å². The van der Waals surface area contributed by atoms with Crippen molar-refractivity contribution in [3.8, 4) is 101 Å². The Labute approximate surface area is 390 Å². The average Bonchev–Trinajstić information content (AvgIpc) is 3.89. The molecule has 0 saturated heterocycles. The number of benzene rings is 10. The maximum absolute atomic E-state index is 5.61. The molecule has 1 heterocycles. The van der Waals surface area contributed by atoms with Gasteiger partial charge >= 0.3 is 0 Å². The number of fused-ring (bicyclic) bond motifs is 10. The maximum Gasteiger partial charge on any atom is 0.164 e. The zero-order valence-electron chi connectivity index (χ0n) is 36.5. The van der Waals surface area contributed by atoms with Crippen LogP contribution in [0.25, 0.3) is 101 Å². The Morgan fingerprint density at radius 2 is 0.493 bits per heavy atom. The molecular weight excluding hydrogens is 811 g/mol. The molecule has 1 spiro atoms. The molecule has 0 radical (unpaired) electrons. The minimum absolute atomic E-state index is 0.593. The monoisotopic (exact) mass is 851 g/mol. The standard InChI is InChI=1S/C64H41N3/c1-5-20-42(21-6-1)46-36-47(43-22-7-2-8-23-43)39-50(38-46)61-65-62(51-40-48(44-24-9-3-10-25-44)37-49(41-51)45-26-11-4-12-27-45)67-63(66-61)56-32-19-31-55-54-30-15-18-35-59(54)64(60(55)56)57-33-16-13-28-52(57)53-29-14-17-34-58(53)64/h1-41H. The Kier molecular flexibility index (Phi) is 9.07. The van der Waals surface area contributed by atoms with Gasteiger partial charge in [-0.05, 0) is 125 Å². The van der Waals surface area contributed by atoms with Crippen molar-refractivity contribution in [2.75, 3.05) is 0 Å². The van der Waals surface area contributed by atoms with Crippen LogP contribution in [0.5, 0.6) is 0 Å². The molecule has 0 fully saturated rings. The van der Waals surface area contributed by atoms with Gasteiger partial charge in [0.25, 0.3) is 0 Å². The Morgan fingerprint density at radius 3 is 0.881 bits per heavy atom. The van der Waals surface area contributed by atoms with Crippen LogP contribution in [-0.4, -0.2) is 15.0 Å². The van der Waals surface area contributed by atoms with Gasteiger partial charge < -0.3 is 0 Å². The molecule has 0 atom stereocenters. The Hall–Kier alpha value is -8.79. The van der Waals surface area contributed by atoms with Gasteiger partial charge in [0.15, 0.2) is 17.5 Å². The van der Waals surface area contributed by atoms with E-state index in [1.165, 1.54) is 44.5 Å². The first-order valence-corrected chi connectivity index (χ1v) is 22.9. The van der Waals surface area contributed by atoms with E-state index >= 15 is 0 Å². The summed E-state index contributed by atoms with van der Waals surface area (Å²) in [5.41, 5.74) is 21.0. The lowest BCUT2D eigenvalue weighted by atomic mass is 9.69. The van der Waals surface area contributed by atoms with Crippen molar-refractivity contribution in [3.63, 3.8) is 0 Å². The van der Waals surface area contributed by atoms with E-state index in [2.05, 4.69) is 249 Å². The smallest absolute Gasteiger partial charge is 0.164 e. The van der Waals surface area contributed by atoms with Crippen molar-refractivity contribution in [1.29, 1.82) is 0 Å². The van der Waals surface area contributed by atoms with Crippen LogP contribution < -0.4 is 0 Å². The second-order valence-corrected chi connectivity index (χ2v) is 17.5. The fourth-order valence-electron chi connectivity index (χ4n) is 10.8. The molecule has 67 heavy (non-hydrogen) atoms. The predicted octanol–water partition coefficient (Wildman–Crippen LogP) is 15.9. The molecule has 2 aliphatic carbocycles. The summed E-state index contributed by atoms with van der Waals surface area (Å²) in [6.07, 6.45) is 0. The quantitative estimate of drug-likeness (QED) is 0.160. The average molecular weight is 852 g/mol.